The number of hydrogen-bond donors (Lipinski definition) is 2. The minimum absolute atomic E-state index is 0.0777. The Kier molecular flexibility index (Phi) is 6.41. The summed E-state index contributed by atoms with van der Waals surface area (Å²) in [7, 11) is 1.66. The van der Waals surface area contributed by atoms with Crippen LogP contribution >= 0.6 is 11.3 Å². The van der Waals surface area contributed by atoms with Gasteiger partial charge in [0.1, 0.15) is 16.1 Å². The molecule has 1 atom stereocenters. The van der Waals surface area contributed by atoms with Crippen molar-refractivity contribution in [3.63, 3.8) is 0 Å². The molecule has 2 N–H and O–H groups in total. The van der Waals surface area contributed by atoms with Crippen molar-refractivity contribution in [3.8, 4) is 16.9 Å². The fourth-order valence-corrected chi connectivity index (χ4v) is 5.06. The minimum Gasteiger partial charge on any atom is -0.496 e. The monoisotopic (exact) mass is 478 g/mol. The van der Waals surface area contributed by atoms with Gasteiger partial charge in [0.05, 0.1) is 18.7 Å². The Morgan fingerprint density at radius 3 is 2.50 bits per heavy atom. The van der Waals surface area contributed by atoms with Gasteiger partial charge in [0, 0.05) is 16.3 Å². The molecular weight excluding hydrogens is 448 g/mol. The van der Waals surface area contributed by atoms with Crippen molar-refractivity contribution in [2.45, 2.75) is 52.7 Å². The molecule has 0 aliphatic heterocycles. The van der Waals surface area contributed by atoms with Crippen LogP contribution in [0.15, 0.2) is 46.6 Å². The predicted molar refractivity (Wildman–Crippen MR) is 139 cm³/mol. The van der Waals surface area contributed by atoms with Gasteiger partial charge in [-0.15, -0.1) is 11.3 Å². The van der Waals surface area contributed by atoms with E-state index in [4.69, 9.17) is 9.47 Å². The highest BCUT2D eigenvalue weighted by Gasteiger charge is 2.21. The van der Waals surface area contributed by atoms with Gasteiger partial charge >= 0.3 is 6.09 Å². The van der Waals surface area contributed by atoms with Crippen LogP contribution in [-0.4, -0.2) is 23.8 Å². The number of methoxy groups -OCH3 is 1. The van der Waals surface area contributed by atoms with Crippen molar-refractivity contribution in [1.29, 1.82) is 0 Å². The standard InChI is InChI=1S/C27H30N2O4S/c1-7-19(28-26(31)33-27(3,4)5)16-8-10-17(11-9-16)21-20(32-6)14-15(2)23-22(21)18-12-13-34-24(18)25(30)29-23/h8-14,19H,7H2,1-6H3,(H,28,31)(H,29,30)/t19-/m1/s1. The highest BCUT2D eigenvalue weighted by Crippen LogP contribution is 2.42. The van der Waals surface area contributed by atoms with Crippen molar-refractivity contribution in [2.24, 2.45) is 0 Å². The molecule has 6 nitrogen and oxygen atoms in total. The van der Waals surface area contributed by atoms with E-state index in [1.54, 1.807) is 7.11 Å². The number of aryl methyl sites for hydroxylation is 1. The van der Waals surface area contributed by atoms with Gasteiger partial charge in [0.25, 0.3) is 5.56 Å². The zero-order valence-electron chi connectivity index (χ0n) is 20.4. The number of nitrogens with one attached hydrogen (secondary N) is 2. The number of rotatable bonds is 5. The second-order valence-electron chi connectivity index (χ2n) is 9.37. The van der Waals surface area contributed by atoms with E-state index in [2.05, 4.69) is 10.3 Å². The molecule has 0 fully saturated rings. The maximum Gasteiger partial charge on any atom is 0.408 e. The fraction of sp³-hybridized carbons (Fsp3) is 0.333. The first-order valence-electron chi connectivity index (χ1n) is 11.3. The first kappa shape index (κ1) is 23.8. The topological polar surface area (TPSA) is 80.4 Å². The van der Waals surface area contributed by atoms with Crippen LogP contribution in [0.2, 0.25) is 0 Å². The Balaban J connectivity index is 1.80. The number of hydrogen-bond acceptors (Lipinski definition) is 5. The molecule has 0 spiro atoms. The molecule has 4 rings (SSSR count). The number of ether oxygens (including phenoxy) is 2. The van der Waals surface area contributed by atoms with Crippen LogP contribution in [-0.2, 0) is 4.74 Å². The van der Waals surface area contributed by atoms with E-state index in [9.17, 15) is 9.59 Å². The van der Waals surface area contributed by atoms with E-state index in [0.717, 1.165) is 50.7 Å². The van der Waals surface area contributed by atoms with E-state index >= 15 is 0 Å². The number of aromatic amines is 1. The molecule has 0 unspecified atom stereocenters. The number of amides is 1. The van der Waals surface area contributed by atoms with Gasteiger partial charge in [-0.05, 0) is 68.3 Å². The van der Waals surface area contributed by atoms with Crippen LogP contribution in [0, 0.1) is 6.92 Å². The first-order chi connectivity index (χ1) is 16.1. The van der Waals surface area contributed by atoms with E-state index < -0.39 is 11.7 Å². The molecule has 0 aliphatic rings. The summed E-state index contributed by atoms with van der Waals surface area (Å²) in [5.74, 6) is 0.747. The van der Waals surface area contributed by atoms with Crippen molar-refractivity contribution < 1.29 is 14.3 Å². The summed E-state index contributed by atoms with van der Waals surface area (Å²) in [6.45, 7) is 9.54. The fourth-order valence-electron chi connectivity index (χ4n) is 4.27. The number of aromatic nitrogens is 1. The largest absolute Gasteiger partial charge is 0.496 e. The molecule has 2 aromatic carbocycles. The van der Waals surface area contributed by atoms with Crippen LogP contribution in [0.5, 0.6) is 5.75 Å². The normalized spacial score (nSPS) is 12.6. The molecule has 0 radical (unpaired) electrons. The zero-order valence-corrected chi connectivity index (χ0v) is 21.2. The smallest absolute Gasteiger partial charge is 0.408 e. The van der Waals surface area contributed by atoms with Gasteiger partial charge in [0.15, 0.2) is 0 Å². The van der Waals surface area contributed by atoms with Gasteiger partial charge in [-0.2, -0.15) is 0 Å². The quantitative estimate of drug-likeness (QED) is 0.334. The Bertz CT molecular complexity index is 1410. The van der Waals surface area contributed by atoms with Gasteiger partial charge < -0.3 is 19.8 Å². The molecule has 1 amide bonds. The number of carbonyl (C=O) groups is 1. The third kappa shape index (κ3) is 4.53. The summed E-state index contributed by atoms with van der Waals surface area (Å²) in [6.07, 6.45) is 0.296. The van der Waals surface area contributed by atoms with Crippen molar-refractivity contribution in [3.05, 3.63) is 63.3 Å². The number of pyridine rings is 1. The number of fused-ring (bicyclic) bond motifs is 3. The summed E-state index contributed by atoms with van der Waals surface area (Å²) in [5, 5.41) is 6.79. The molecule has 2 aromatic heterocycles. The molecular formula is C27H30N2O4S. The van der Waals surface area contributed by atoms with Gasteiger partial charge in [-0.25, -0.2) is 4.79 Å². The number of thiophene rings is 1. The van der Waals surface area contributed by atoms with Crippen LogP contribution < -0.4 is 15.6 Å². The maximum atomic E-state index is 12.6. The lowest BCUT2D eigenvalue weighted by atomic mass is 9.93. The molecule has 2 heterocycles. The average molecular weight is 479 g/mol. The lowest BCUT2D eigenvalue weighted by molar-refractivity contribution is 0.0502. The lowest BCUT2D eigenvalue weighted by Crippen LogP contribution is -2.34. The van der Waals surface area contributed by atoms with Crippen LogP contribution in [0.3, 0.4) is 0 Å². The molecule has 0 bridgehead atoms. The highest BCUT2D eigenvalue weighted by molar-refractivity contribution is 7.17. The Morgan fingerprint density at radius 2 is 1.88 bits per heavy atom. The highest BCUT2D eigenvalue weighted by atomic mass is 32.1. The van der Waals surface area contributed by atoms with Crippen LogP contribution in [0.4, 0.5) is 4.79 Å². The molecule has 7 heteroatoms. The van der Waals surface area contributed by atoms with E-state index in [-0.39, 0.29) is 11.6 Å². The zero-order chi connectivity index (χ0) is 24.6. The number of H-pyrrole nitrogens is 1. The first-order valence-corrected chi connectivity index (χ1v) is 12.2. The number of benzene rings is 2. The Hall–Kier alpha value is -3.32. The molecule has 0 aliphatic carbocycles. The Labute approximate surface area is 202 Å². The number of alkyl carbamates (subject to hydrolysis) is 1. The van der Waals surface area contributed by atoms with Crippen LogP contribution in [0.1, 0.15) is 51.3 Å². The summed E-state index contributed by atoms with van der Waals surface area (Å²) < 4.78 is 11.9. The second-order valence-corrected chi connectivity index (χ2v) is 10.3. The van der Waals surface area contributed by atoms with E-state index in [0.29, 0.717) is 4.70 Å². The summed E-state index contributed by atoms with van der Waals surface area (Å²) >= 11 is 1.43. The molecule has 178 valence electrons. The minimum atomic E-state index is -0.552. The average Bonchev–Trinajstić information content (AvgIpc) is 3.28. The van der Waals surface area contributed by atoms with Crippen molar-refractivity contribution in [1.82, 2.24) is 10.3 Å². The molecule has 0 saturated heterocycles. The third-order valence-electron chi connectivity index (χ3n) is 5.79. The maximum absolute atomic E-state index is 12.6. The van der Waals surface area contributed by atoms with Crippen LogP contribution in [0.25, 0.3) is 32.1 Å². The molecule has 4 aromatic rings. The predicted octanol–water partition coefficient (Wildman–Crippen LogP) is 6.70. The van der Waals surface area contributed by atoms with E-state index in [1.807, 2.05) is 76.4 Å². The number of carbonyl (C=O) groups excluding carboxylic acids is 1. The SMILES string of the molecule is CC[C@@H](NC(=O)OC(C)(C)C)c1ccc(-c2c(OC)cc(C)c3[nH]c(=O)c4sccc4c23)cc1. The summed E-state index contributed by atoms with van der Waals surface area (Å²) in [5.41, 5.74) is 4.02. The lowest BCUT2D eigenvalue weighted by Gasteiger charge is -2.23. The summed E-state index contributed by atoms with van der Waals surface area (Å²) in [4.78, 5) is 28.0. The Morgan fingerprint density at radius 1 is 1.18 bits per heavy atom. The van der Waals surface area contributed by atoms with Crippen molar-refractivity contribution >= 4 is 38.4 Å². The van der Waals surface area contributed by atoms with Gasteiger partial charge in [0.2, 0.25) is 0 Å². The second kappa shape index (κ2) is 9.14. The third-order valence-corrected chi connectivity index (χ3v) is 6.70. The van der Waals surface area contributed by atoms with Gasteiger partial charge in [-0.3, -0.25) is 4.79 Å². The molecule has 0 saturated carbocycles. The summed E-state index contributed by atoms with van der Waals surface area (Å²) in [6, 6.07) is 11.9. The van der Waals surface area contributed by atoms with Gasteiger partial charge in [-0.1, -0.05) is 31.2 Å². The van der Waals surface area contributed by atoms with Crippen molar-refractivity contribution in [2.75, 3.05) is 7.11 Å². The molecule has 34 heavy (non-hydrogen) atoms. The van der Waals surface area contributed by atoms with E-state index in [1.165, 1.54) is 11.3 Å².